The van der Waals surface area contributed by atoms with E-state index < -0.39 is 24.0 Å². The van der Waals surface area contributed by atoms with Crippen molar-refractivity contribution in [3.05, 3.63) is 40.9 Å². The van der Waals surface area contributed by atoms with Gasteiger partial charge in [0.15, 0.2) is 0 Å². The third-order valence-corrected chi connectivity index (χ3v) is 4.47. The molecule has 6 nitrogen and oxygen atoms in total. The predicted molar refractivity (Wildman–Crippen MR) is 90.6 cm³/mol. The number of alkyl halides is 3. The number of carbonyl (C=O) groups excluding carboxylic acids is 2. The average Bonchev–Trinajstić information content (AvgIpc) is 3.02. The van der Waals surface area contributed by atoms with Gasteiger partial charge >= 0.3 is 12.1 Å². The standard InChI is InChI=1S/C16H17F3N4O2S/c1-9(2)13-22-23-15(26-13)21-12(24)8-11(10-6-4-3-5-7-10)20-14(25)16(17,18)19/h3-7,9,11H,8H2,1-2H3,(H,20,25)(H,21,23,24)/t11-/m0/s1. The lowest BCUT2D eigenvalue weighted by Crippen LogP contribution is -2.40. The van der Waals surface area contributed by atoms with Crippen LogP contribution in [-0.2, 0) is 9.59 Å². The Morgan fingerprint density at radius 2 is 1.81 bits per heavy atom. The molecule has 1 aromatic heterocycles. The first-order valence-electron chi connectivity index (χ1n) is 7.72. The molecule has 0 fully saturated rings. The largest absolute Gasteiger partial charge is 0.471 e. The SMILES string of the molecule is CC(C)c1nnc(NC(=O)C[C@H](NC(=O)C(F)(F)F)c2ccccc2)s1. The number of nitrogens with zero attached hydrogens (tertiary/aromatic N) is 2. The van der Waals surface area contributed by atoms with E-state index in [2.05, 4.69) is 15.5 Å². The van der Waals surface area contributed by atoms with Gasteiger partial charge in [0.1, 0.15) is 5.01 Å². The van der Waals surface area contributed by atoms with E-state index in [0.717, 1.165) is 5.01 Å². The maximum atomic E-state index is 12.6. The van der Waals surface area contributed by atoms with Crippen LogP contribution >= 0.6 is 11.3 Å². The first kappa shape index (κ1) is 19.8. The Morgan fingerprint density at radius 1 is 1.15 bits per heavy atom. The quantitative estimate of drug-likeness (QED) is 0.797. The fourth-order valence-electron chi connectivity index (χ4n) is 2.05. The number of amides is 2. The normalized spacial score (nSPS) is 12.7. The number of anilines is 1. The second kappa shape index (κ2) is 8.26. The number of rotatable bonds is 6. The zero-order valence-electron chi connectivity index (χ0n) is 14.0. The van der Waals surface area contributed by atoms with Gasteiger partial charge in [-0.2, -0.15) is 13.2 Å². The number of aromatic nitrogens is 2. The van der Waals surface area contributed by atoms with Gasteiger partial charge < -0.3 is 10.6 Å². The molecule has 0 spiro atoms. The molecular formula is C16H17F3N4O2S. The number of carbonyl (C=O) groups is 2. The van der Waals surface area contributed by atoms with Crippen LogP contribution in [0.25, 0.3) is 0 Å². The van der Waals surface area contributed by atoms with E-state index in [4.69, 9.17) is 0 Å². The van der Waals surface area contributed by atoms with Gasteiger partial charge in [0.05, 0.1) is 12.5 Å². The van der Waals surface area contributed by atoms with Crippen LogP contribution < -0.4 is 10.6 Å². The van der Waals surface area contributed by atoms with E-state index in [0.29, 0.717) is 5.56 Å². The van der Waals surface area contributed by atoms with Crippen molar-refractivity contribution in [3.8, 4) is 0 Å². The number of nitrogens with one attached hydrogen (secondary N) is 2. The van der Waals surface area contributed by atoms with Gasteiger partial charge in [-0.1, -0.05) is 55.5 Å². The van der Waals surface area contributed by atoms with Gasteiger partial charge in [-0.3, -0.25) is 9.59 Å². The molecule has 0 radical (unpaired) electrons. The van der Waals surface area contributed by atoms with Gasteiger partial charge in [-0.15, -0.1) is 10.2 Å². The van der Waals surface area contributed by atoms with Gasteiger partial charge in [-0.05, 0) is 5.56 Å². The van der Waals surface area contributed by atoms with Crippen molar-refractivity contribution in [1.82, 2.24) is 15.5 Å². The molecule has 1 heterocycles. The van der Waals surface area contributed by atoms with Crippen molar-refractivity contribution in [1.29, 1.82) is 0 Å². The van der Waals surface area contributed by atoms with E-state index >= 15 is 0 Å². The summed E-state index contributed by atoms with van der Waals surface area (Å²) in [6.07, 6.45) is -5.41. The molecule has 0 unspecified atom stereocenters. The van der Waals surface area contributed by atoms with Crippen molar-refractivity contribution in [2.45, 2.75) is 38.4 Å². The van der Waals surface area contributed by atoms with Crippen LogP contribution in [-0.4, -0.2) is 28.2 Å². The van der Waals surface area contributed by atoms with E-state index in [1.165, 1.54) is 23.5 Å². The lowest BCUT2D eigenvalue weighted by atomic mass is 10.0. The fourth-order valence-corrected chi connectivity index (χ4v) is 2.81. The maximum Gasteiger partial charge on any atom is 0.471 e. The second-order valence-corrected chi connectivity index (χ2v) is 6.80. The molecule has 0 aliphatic heterocycles. The molecule has 2 aromatic rings. The molecule has 1 aromatic carbocycles. The van der Waals surface area contributed by atoms with Crippen molar-refractivity contribution in [2.75, 3.05) is 5.32 Å². The Kier molecular flexibility index (Phi) is 6.30. The first-order chi connectivity index (χ1) is 12.2. The van der Waals surface area contributed by atoms with Crippen LogP contribution in [0.3, 0.4) is 0 Å². The van der Waals surface area contributed by atoms with Gasteiger partial charge in [0, 0.05) is 5.92 Å². The molecule has 2 amide bonds. The molecule has 26 heavy (non-hydrogen) atoms. The highest BCUT2D eigenvalue weighted by Crippen LogP contribution is 2.24. The molecule has 0 aliphatic carbocycles. The molecular weight excluding hydrogens is 369 g/mol. The topological polar surface area (TPSA) is 84.0 Å². The highest BCUT2D eigenvalue weighted by Gasteiger charge is 2.40. The van der Waals surface area contributed by atoms with E-state index in [1.54, 1.807) is 18.2 Å². The third kappa shape index (κ3) is 5.51. The minimum Gasteiger partial charge on any atom is -0.341 e. The number of hydrogen-bond acceptors (Lipinski definition) is 5. The lowest BCUT2D eigenvalue weighted by molar-refractivity contribution is -0.174. The average molecular weight is 386 g/mol. The molecule has 0 aliphatic rings. The summed E-state index contributed by atoms with van der Waals surface area (Å²) < 4.78 is 37.7. The van der Waals surface area contributed by atoms with Crippen molar-refractivity contribution >= 4 is 28.3 Å². The van der Waals surface area contributed by atoms with Crippen LogP contribution in [0.15, 0.2) is 30.3 Å². The van der Waals surface area contributed by atoms with Crippen LogP contribution in [0.2, 0.25) is 0 Å². The summed E-state index contributed by atoms with van der Waals surface area (Å²) in [7, 11) is 0. The molecule has 2 rings (SSSR count). The number of halogens is 3. The second-order valence-electron chi connectivity index (χ2n) is 5.79. The smallest absolute Gasteiger partial charge is 0.341 e. The zero-order valence-corrected chi connectivity index (χ0v) is 14.8. The van der Waals surface area contributed by atoms with Crippen LogP contribution in [0.4, 0.5) is 18.3 Å². The lowest BCUT2D eigenvalue weighted by Gasteiger charge is -2.19. The molecule has 140 valence electrons. The molecule has 10 heteroatoms. The number of hydrogen-bond donors (Lipinski definition) is 2. The summed E-state index contributed by atoms with van der Waals surface area (Å²) in [5, 5.41) is 13.1. The predicted octanol–water partition coefficient (Wildman–Crippen LogP) is 3.41. The maximum absolute atomic E-state index is 12.6. The summed E-state index contributed by atoms with van der Waals surface area (Å²) in [6, 6.07) is 6.86. The third-order valence-electron chi connectivity index (χ3n) is 3.34. The molecule has 1 atom stereocenters. The Labute approximate surface area is 151 Å². The molecule has 0 saturated carbocycles. The molecule has 0 saturated heterocycles. The van der Waals surface area contributed by atoms with E-state index in [-0.39, 0.29) is 17.5 Å². The minimum atomic E-state index is -5.03. The van der Waals surface area contributed by atoms with Crippen molar-refractivity contribution < 1.29 is 22.8 Å². The molecule has 2 N–H and O–H groups in total. The van der Waals surface area contributed by atoms with Gasteiger partial charge in [0.25, 0.3) is 0 Å². The highest BCUT2D eigenvalue weighted by molar-refractivity contribution is 7.15. The Balaban J connectivity index is 2.10. The van der Waals surface area contributed by atoms with Gasteiger partial charge in [0.2, 0.25) is 11.0 Å². The van der Waals surface area contributed by atoms with Crippen LogP contribution in [0.5, 0.6) is 0 Å². The first-order valence-corrected chi connectivity index (χ1v) is 8.54. The van der Waals surface area contributed by atoms with Crippen molar-refractivity contribution in [2.24, 2.45) is 0 Å². The summed E-state index contributed by atoms with van der Waals surface area (Å²) in [5.74, 6) is -2.54. The number of benzene rings is 1. The summed E-state index contributed by atoms with van der Waals surface area (Å²) in [6.45, 7) is 3.84. The monoisotopic (exact) mass is 386 g/mol. The summed E-state index contributed by atoms with van der Waals surface area (Å²) >= 11 is 1.19. The Hall–Kier alpha value is -2.49. The van der Waals surface area contributed by atoms with E-state index in [9.17, 15) is 22.8 Å². The fraction of sp³-hybridized carbons (Fsp3) is 0.375. The summed E-state index contributed by atoms with van der Waals surface area (Å²) in [5.41, 5.74) is 0.389. The summed E-state index contributed by atoms with van der Waals surface area (Å²) in [4.78, 5) is 23.5. The molecule has 0 bridgehead atoms. The van der Waals surface area contributed by atoms with Gasteiger partial charge in [-0.25, -0.2) is 0 Å². The zero-order chi connectivity index (χ0) is 19.3. The van der Waals surface area contributed by atoms with Crippen molar-refractivity contribution in [3.63, 3.8) is 0 Å². The highest BCUT2D eigenvalue weighted by atomic mass is 32.1. The Bertz CT molecular complexity index is 762. The van der Waals surface area contributed by atoms with Crippen LogP contribution in [0.1, 0.15) is 42.8 Å². The Morgan fingerprint density at radius 3 is 2.35 bits per heavy atom. The van der Waals surface area contributed by atoms with E-state index in [1.807, 2.05) is 19.2 Å². The minimum absolute atomic E-state index is 0.140. The van der Waals surface area contributed by atoms with Crippen LogP contribution in [0, 0.1) is 0 Å².